The van der Waals surface area contributed by atoms with Gasteiger partial charge >= 0.3 is 0 Å². The van der Waals surface area contributed by atoms with Crippen molar-refractivity contribution in [3.63, 3.8) is 0 Å². The van der Waals surface area contributed by atoms with Gasteiger partial charge in [-0.3, -0.25) is 14.9 Å². The fourth-order valence-corrected chi connectivity index (χ4v) is 2.34. The molecule has 2 rings (SSSR count). The van der Waals surface area contributed by atoms with Gasteiger partial charge in [0.15, 0.2) is 5.60 Å². The van der Waals surface area contributed by atoms with Gasteiger partial charge in [0.25, 0.3) is 11.6 Å². The summed E-state index contributed by atoms with van der Waals surface area (Å²) in [6.45, 7) is 2.51. The monoisotopic (exact) mass is 389 g/mol. The fourth-order valence-electron chi connectivity index (χ4n) is 2.12. The molecule has 0 aromatic heterocycles. The number of amides is 1. The van der Waals surface area contributed by atoms with E-state index in [1.165, 1.54) is 43.3 Å². The molecule has 0 heterocycles. The Hall–Kier alpha value is -3.15. The molecule has 0 spiro atoms. The van der Waals surface area contributed by atoms with Crippen LogP contribution in [0.5, 0.6) is 5.75 Å². The van der Waals surface area contributed by atoms with Crippen LogP contribution < -0.4 is 10.1 Å². The first-order valence-electron chi connectivity index (χ1n) is 7.75. The first-order valence-corrected chi connectivity index (χ1v) is 8.13. The Kier molecular flexibility index (Phi) is 6.00. The van der Waals surface area contributed by atoms with E-state index in [0.717, 1.165) is 0 Å². The molecule has 0 saturated carbocycles. The number of carbonyl (C=O) groups excluding carboxylic acids is 1. The average Bonchev–Trinajstić information content (AvgIpc) is 2.61. The average molecular weight is 390 g/mol. The number of aliphatic hydroxyl groups is 1. The highest BCUT2D eigenvalue weighted by Gasteiger charge is 2.32. The molecule has 1 unspecified atom stereocenters. The highest BCUT2D eigenvalue weighted by Crippen LogP contribution is 2.24. The van der Waals surface area contributed by atoms with E-state index < -0.39 is 16.4 Å². The zero-order chi connectivity index (χ0) is 20.2. The summed E-state index contributed by atoms with van der Waals surface area (Å²) >= 11 is 5.91. The highest BCUT2D eigenvalue weighted by atomic mass is 35.5. The number of nitro groups is 1. The Balaban J connectivity index is 2.05. The number of hydrogen-bond donors (Lipinski definition) is 2. The van der Waals surface area contributed by atoms with Gasteiger partial charge < -0.3 is 15.2 Å². The Morgan fingerprint density at radius 2 is 2.11 bits per heavy atom. The van der Waals surface area contributed by atoms with Crippen LogP contribution in [0.15, 0.2) is 36.4 Å². The lowest BCUT2D eigenvalue weighted by Gasteiger charge is -2.23. The van der Waals surface area contributed by atoms with Crippen molar-refractivity contribution >= 4 is 28.9 Å². The number of nitrogens with one attached hydrogen (secondary N) is 1. The predicted octanol–water partition coefficient (Wildman–Crippen LogP) is 3.20. The lowest BCUT2D eigenvalue weighted by molar-refractivity contribution is -0.384. The number of nitriles is 1. The van der Waals surface area contributed by atoms with Crippen LogP contribution in [0.3, 0.4) is 0 Å². The molecular weight excluding hydrogens is 374 g/mol. The molecule has 140 valence electrons. The maximum atomic E-state index is 12.3. The van der Waals surface area contributed by atoms with Crippen molar-refractivity contribution < 1.29 is 19.6 Å². The molecule has 1 atom stereocenters. The molecule has 0 radical (unpaired) electrons. The summed E-state index contributed by atoms with van der Waals surface area (Å²) < 4.78 is 5.40. The summed E-state index contributed by atoms with van der Waals surface area (Å²) in [7, 11) is 0. The number of anilines is 1. The number of nitro benzene ring substituents is 1. The molecule has 27 heavy (non-hydrogen) atoms. The number of aryl methyl sites for hydroxylation is 1. The molecule has 0 aliphatic heterocycles. The van der Waals surface area contributed by atoms with Gasteiger partial charge in [0.1, 0.15) is 18.4 Å². The molecule has 8 nitrogen and oxygen atoms in total. The van der Waals surface area contributed by atoms with Gasteiger partial charge in [-0.15, -0.1) is 0 Å². The molecule has 2 aromatic carbocycles. The van der Waals surface area contributed by atoms with Crippen LogP contribution in [0.1, 0.15) is 18.1 Å². The van der Waals surface area contributed by atoms with Gasteiger partial charge in [-0.1, -0.05) is 11.6 Å². The summed E-state index contributed by atoms with van der Waals surface area (Å²) in [6.07, 6.45) is 0. The molecule has 0 fully saturated rings. The van der Waals surface area contributed by atoms with Crippen LogP contribution in [-0.2, 0) is 4.79 Å². The third kappa shape index (κ3) is 4.94. The Bertz CT molecular complexity index is 937. The lowest BCUT2D eigenvalue weighted by atomic mass is 10.1. The first kappa shape index (κ1) is 20.2. The minimum absolute atomic E-state index is 0.0988. The highest BCUT2D eigenvalue weighted by molar-refractivity contribution is 6.31. The number of benzene rings is 2. The van der Waals surface area contributed by atoms with E-state index in [9.17, 15) is 20.0 Å². The third-order valence-electron chi connectivity index (χ3n) is 3.74. The number of hydrogen-bond acceptors (Lipinski definition) is 6. The lowest BCUT2D eigenvalue weighted by Crippen LogP contribution is -2.45. The van der Waals surface area contributed by atoms with E-state index >= 15 is 0 Å². The van der Waals surface area contributed by atoms with E-state index in [-0.39, 0.29) is 22.9 Å². The van der Waals surface area contributed by atoms with Crippen molar-refractivity contribution in [2.75, 3.05) is 11.9 Å². The zero-order valence-corrected chi connectivity index (χ0v) is 15.3. The summed E-state index contributed by atoms with van der Waals surface area (Å²) in [6, 6.07) is 10.3. The van der Waals surface area contributed by atoms with E-state index in [2.05, 4.69) is 5.32 Å². The minimum Gasteiger partial charge on any atom is -0.490 e. The predicted molar refractivity (Wildman–Crippen MR) is 98.7 cm³/mol. The number of non-ortho nitro benzene ring substituents is 1. The largest absolute Gasteiger partial charge is 0.490 e. The van der Waals surface area contributed by atoms with E-state index in [1.54, 1.807) is 6.92 Å². The Morgan fingerprint density at radius 3 is 2.67 bits per heavy atom. The van der Waals surface area contributed by atoms with Crippen molar-refractivity contribution in [2.45, 2.75) is 19.4 Å². The normalized spacial score (nSPS) is 12.6. The molecule has 1 amide bonds. The van der Waals surface area contributed by atoms with Crippen molar-refractivity contribution in [2.24, 2.45) is 0 Å². The second-order valence-electron chi connectivity index (χ2n) is 6.03. The van der Waals surface area contributed by atoms with Crippen molar-refractivity contribution in [1.82, 2.24) is 0 Å². The first-order chi connectivity index (χ1) is 12.6. The van der Waals surface area contributed by atoms with Crippen molar-refractivity contribution in [3.8, 4) is 11.8 Å². The molecule has 2 N–H and O–H groups in total. The van der Waals surface area contributed by atoms with E-state index in [0.29, 0.717) is 17.0 Å². The van der Waals surface area contributed by atoms with Crippen LogP contribution in [0.2, 0.25) is 5.02 Å². The summed E-state index contributed by atoms with van der Waals surface area (Å²) in [5, 5.41) is 32.7. The summed E-state index contributed by atoms with van der Waals surface area (Å²) in [5.74, 6) is -0.446. The third-order valence-corrected chi connectivity index (χ3v) is 4.05. The van der Waals surface area contributed by atoms with Gasteiger partial charge in [-0.25, -0.2) is 0 Å². The maximum absolute atomic E-state index is 12.3. The number of halogens is 1. The van der Waals surface area contributed by atoms with E-state index in [4.69, 9.17) is 21.6 Å². The van der Waals surface area contributed by atoms with Crippen LogP contribution >= 0.6 is 11.6 Å². The van der Waals surface area contributed by atoms with E-state index in [1.807, 2.05) is 6.07 Å². The topological polar surface area (TPSA) is 125 Å². The van der Waals surface area contributed by atoms with Crippen LogP contribution in [0.25, 0.3) is 0 Å². The summed E-state index contributed by atoms with van der Waals surface area (Å²) in [4.78, 5) is 22.6. The number of ether oxygens (including phenoxy) is 1. The molecule has 0 aliphatic rings. The van der Waals surface area contributed by atoms with Gasteiger partial charge in [0.2, 0.25) is 0 Å². The maximum Gasteiger partial charge on any atom is 0.269 e. The van der Waals surface area contributed by atoms with Crippen LogP contribution in [-0.4, -0.2) is 28.1 Å². The SMILES string of the molecule is Cc1cc([N+](=O)[O-])ccc1NC(=O)C(C)(O)COc1ccc(C#N)c(Cl)c1. The molecule has 0 aliphatic carbocycles. The second-order valence-corrected chi connectivity index (χ2v) is 6.43. The van der Waals surface area contributed by atoms with Crippen LogP contribution in [0, 0.1) is 28.4 Å². The standard InChI is InChI=1S/C18H16ClN3O5/c1-11-7-13(22(25)26)4-6-16(11)21-17(23)18(2,24)10-27-14-5-3-12(9-20)15(19)8-14/h3-8,24H,10H2,1-2H3,(H,21,23). The molecular formula is C18H16ClN3O5. The number of nitrogens with zero attached hydrogens (tertiary/aromatic N) is 2. The number of rotatable bonds is 6. The zero-order valence-electron chi connectivity index (χ0n) is 14.5. The second kappa shape index (κ2) is 8.03. The van der Waals surface area contributed by atoms with Gasteiger partial charge in [0.05, 0.1) is 15.5 Å². The fraction of sp³-hybridized carbons (Fsp3) is 0.222. The van der Waals surface area contributed by atoms with Crippen LogP contribution in [0.4, 0.5) is 11.4 Å². The number of carbonyl (C=O) groups is 1. The Labute approximate surface area is 160 Å². The quantitative estimate of drug-likeness (QED) is 0.577. The molecule has 2 aromatic rings. The smallest absolute Gasteiger partial charge is 0.269 e. The summed E-state index contributed by atoms with van der Waals surface area (Å²) in [5.41, 5.74) is -0.880. The van der Waals surface area contributed by atoms with Gasteiger partial charge in [-0.05, 0) is 37.6 Å². The Morgan fingerprint density at radius 1 is 1.41 bits per heavy atom. The molecule has 0 saturated heterocycles. The molecule has 9 heteroatoms. The van der Waals surface area contributed by atoms with Crippen molar-refractivity contribution in [1.29, 1.82) is 5.26 Å². The van der Waals surface area contributed by atoms with Gasteiger partial charge in [-0.2, -0.15) is 5.26 Å². The van der Waals surface area contributed by atoms with Crippen molar-refractivity contribution in [3.05, 3.63) is 62.7 Å². The van der Waals surface area contributed by atoms with Gasteiger partial charge in [0, 0.05) is 23.9 Å². The molecule has 0 bridgehead atoms. The minimum atomic E-state index is -1.88.